The number of hydrogen-bond donors (Lipinski definition) is 12. The van der Waals surface area contributed by atoms with Crippen molar-refractivity contribution in [2.45, 2.75) is 78.8 Å². The van der Waals surface area contributed by atoms with E-state index in [4.69, 9.17) is 11.6 Å². The lowest BCUT2D eigenvalue weighted by molar-refractivity contribution is -0.129. The zero-order valence-electron chi connectivity index (χ0n) is 64.1. The summed E-state index contributed by atoms with van der Waals surface area (Å²) in [5.74, 6) is -17.3. The average Bonchev–Trinajstić information content (AvgIpc) is 0.864. The second-order valence-corrected chi connectivity index (χ2v) is 36.0. The highest BCUT2D eigenvalue weighted by Crippen LogP contribution is 2.35. The number of H-pyrrole nitrogens is 4. The van der Waals surface area contributed by atoms with Crippen LogP contribution in [0.5, 0.6) is 0 Å². The molecule has 652 valence electrons. The Balaban J connectivity index is 0.000000172. The predicted octanol–water partition coefficient (Wildman–Crippen LogP) is 16.3. The fourth-order valence-electron chi connectivity index (χ4n) is 12.1. The van der Waals surface area contributed by atoms with Gasteiger partial charge in [-0.2, -0.15) is 13.2 Å². The molecule has 12 N–H and O–H groups in total. The van der Waals surface area contributed by atoms with Crippen LogP contribution in [0.3, 0.4) is 0 Å². The number of carbonyl (C=O) groups is 6. The number of halogens is 13. The number of fused-ring (bicyclic) bond motifs is 4. The predicted molar refractivity (Wildman–Crippen MR) is 442 cm³/mol. The van der Waals surface area contributed by atoms with E-state index in [-0.39, 0.29) is 57.7 Å². The SMILES string of the molecule is CCCS(=O)(=O)Nc1ccc(F)c(C(=O)Nc2cnc3[nH]cc(C(=O)C(C)C)c3c2)c1F.CCCS(=O)(=O)Nc1ccc(F)c(C(=O)Nc2cnc3[nH]cc(C(=O)C4CCCC4)c3c2)c1F.O=C(Nc1cnc2[nH]cc(Br)c2c1)c1c(F)ccc(NS(=O)(=O)CCC(F)(F)F)c1F.O=C(Nc1cnc2[nH]ccc2c1)c1c(F)ccc(NS(=O)(=O)CCl)c1F. The number of sulfonamides is 4. The van der Waals surface area contributed by atoms with Crippen LogP contribution < -0.4 is 40.2 Å². The van der Waals surface area contributed by atoms with Gasteiger partial charge in [0.2, 0.25) is 40.1 Å². The zero-order valence-corrected chi connectivity index (χ0v) is 69.7. The number of amides is 4. The number of anilines is 8. The molecule has 12 aromatic rings. The number of alkyl halides is 4. The Hall–Kier alpha value is -12.1. The molecule has 0 radical (unpaired) electrons. The molecule has 1 aliphatic carbocycles. The third kappa shape index (κ3) is 23.4. The average molecular weight is 1880 g/mol. The molecule has 4 amide bonds. The first kappa shape index (κ1) is 93.1. The topological polar surface area (TPSA) is 450 Å². The van der Waals surface area contributed by atoms with Gasteiger partial charge in [0.05, 0.1) is 94.0 Å². The lowest BCUT2D eigenvalue weighted by atomic mass is 9.96. The molecule has 30 nitrogen and oxygen atoms in total. The van der Waals surface area contributed by atoms with E-state index in [0.29, 0.717) is 84.7 Å². The number of benzene rings is 4. The van der Waals surface area contributed by atoms with Crippen LogP contribution in [-0.4, -0.2) is 137 Å². The van der Waals surface area contributed by atoms with Crippen LogP contribution in [0.1, 0.15) is 135 Å². The molecule has 123 heavy (non-hydrogen) atoms. The Morgan fingerprint density at radius 1 is 0.463 bits per heavy atom. The molecule has 1 fully saturated rings. The summed E-state index contributed by atoms with van der Waals surface area (Å²) in [6, 6.07) is 14.1. The van der Waals surface area contributed by atoms with E-state index in [1.807, 2.05) is 14.2 Å². The summed E-state index contributed by atoms with van der Waals surface area (Å²) in [5, 5.41) is 10.7. The number of aromatic nitrogens is 8. The molecular formula is C76H69BrClF11N16O14S4. The van der Waals surface area contributed by atoms with E-state index in [0.717, 1.165) is 62.1 Å². The van der Waals surface area contributed by atoms with E-state index < -0.39 is 179 Å². The molecule has 1 saturated carbocycles. The van der Waals surface area contributed by atoms with Crippen molar-refractivity contribution in [1.29, 1.82) is 0 Å². The Morgan fingerprint density at radius 2 is 0.805 bits per heavy atom. The summed E-state index contributed by atoms with van der Waals surface area (Å²) >= 11 is 8.50. The van der Waals surface area contributed by atoms with Crippen LogP contribution in [0.25, 0.3) is 44.1 Å². The van der Waals surface area contributed by atoms with Gasteiger partial charge < -0.3 is 41.2 Å². The monoisotopic (exact) mass is 1880 g/mol. The Labute approximate surface area is 704 Å². The highest BCUT2D eigenvalue weighted by Gasteiger charge is 2.33. The number of nitrogens with zero attached hydrogens (tertiary/aromatic N) is 4. The summed E-state index contributed by atoms with van der Waals surface area (Å²) in [6.45, 7) is 6.76. The molecule has 0 spiro atoms. The molecule has 0 unspecified atom stereocenters. The summed E-state index contributed by atoms with van der Waals surface area (Å²) in [5.41, 5.74) is -3.15. The van der Waals surface area contributed by atoms with Gasteiger partial charge in [-0.25, -0.2) is 88.7 Å². The molecule has 0 aliphatic heterocycles. The highest BCUT2D eigenvalue weighted by molar-refractivity contribution is 9.10. The maximum absolute atomic E-state index is 14.9. The second-order valence-electron chi connectivity index (χ2n) is 27.3. The minimum atomic E-state index is -4.75. The number of pyridine rings is 4. The normalized spacial score (nSPS) is 12.5. The van der Waals surface area contributed by atoms with Crippen molar-refractivity contribution in [3.05, 3.63) is 213 Å². The summed E-state index contributed by atoms with van der Waals surface area (Å²) in [7, 11) is -16.3. The molecule has 0 atom stereocenters. The number of nitrogens with one attached hydrogen (secondary N) is 12. The first-order chi connectivity index (χ1) is 57.9. The standard InChI is InChI=1S/C23H24F2N4O4S.C21H22F2N4O4S.C17H12BrF5N4O3S.C15H11ClF2N4O3S/c1-2-9-34(32,33)29-18-8-7-17(24)19(20(18)25)23(31)28-14-10-15-16(12-27-22(15)26-11-14)21(30)13-5-3-4-6-13;1-4-7-32(30,31)27-16-6-5-15(22)17(18(16)23)21(29)26-12-8-13-14(19(28)11(2)3)10-25-20(13)24-9-12;18-10-7-25-15-9(10)5-8(6-24-15)26-16(28)13-11(19)1-2-12(14(13)20)27-31(29,30)4-3-17(21,22)23;16-7-26(24,25)22-11-2-1-10(17)12(13(11)18)15(23)21-9-5-8-3-4-19-14(8)20-6-9/h7-8,10-13,29H,2-6,9H2,1H3,(H,26,27)(H,28,31);5-6,8-11,27H,4,7H2,1-3H3,(H,24,25)(H,26,29);1-2,5-7,27H,3-4H2,(H,24,25)(H,26,28);1-6,22H,7H2,(H,19,20)(H,21,23). The van der Waals surface area contributed by atoms with Gasteiger partial charge in [-0.15, -0.1) is 11.6 Å². The molecule has 4 aromatic carbocycles. The van der Waals surface area contributed by atoms with E-state index in [2.05, 4.69) is 77.1 Å². The lowest BCUT2D eigenvalue weighted by Crippen LogP contribution is -2.23. The van der Waals surface area contributed by atoms with Gasteiger partial charge in [0.15, 0.2) is 34.8 Å². The summed E-state index contributed by atoms with van der Waals surface area (Å²) in [6.07, 6.45) is 9.27. The molecule has 8 heterocycles. The number of hydrogen-bond acceptors (Lipinski definition) is 18. The van der Waals surface area contributed by atoms with Gasteiger partial charge in [0.25, 0.3) is 23.6 Å². The molecule has 0 saturated heterocycles. The van der Waals surface area contributed by atoms with Crippen LogP contribution in [0.2, 0.25) is 0 Å². The Bertz CT molecular complexity index is 6600. The lowest BCUT2D eigenvalue weighted by Gasteiger charge is -2.13. The molecule has 1 aliphatic rings. The third-order valence-corrected chi connectivity index (χ3v) is 24.4. The van der Waals surface area contributed by atoms with Crippen LogP contribution in [-0.2, 0) is 40.1 Å². The third-order valence-electron chi connectivity index (χ3n) is 17.8. The number of Topliss-reactive ketones (excluding diaryl/α,β-unsaturated/α-hetero) is 2. The van der Waals surface area contributed by atoms with Crippen LogP contribution >= 0.6 is 27.5 Å². The van der Waals surface area contributed by atoms with Crippen LogP contribution in [0.15, 0.2) is 133 Å². The van der Waals surface area contributed by atoms with Crippen LogP contribution in [0, 0.1) is 58.4 Å². The number of carbonyl (C=O) groups excluding carboxylic acids is 6. The van der Waals surface area contributed by atoms with Crippen molar-refractivity contribution < 1.29 is 111 Å². The molecular weight excluding hydrogens is 1810 g/mol. The van der Waals surface area contributed by atoms with Gasteiger partial charge >= 0.3 is 6.18 Å². The number of rotatable bonds is 27. The van der Waals surface area contributed by atoms with Crippen molar-refractivity contribution in [2.24, 2.45) is 11.8 Å². The highest BCUT2D eigenvalue weighted by atomic mass is 79.9. The fraction of sp³-hybridized carbons (Fsp3) is 0.237. The molecule has 8 aromatic heterocycles. The van der Waals surface area contributed by atoms with Gasteiger partial charge in [0.1, 0.15) is 73.3 Å². The van der Waals surface area contributed by atoms with Gasteiger partial charge in [-0.1, -0.05) is 40.5 Å². The van der Waals surface area contributed by atoms with Crippen molar-refractivity contribution in [3.63, 3.8) is 0 Å². The van der Waals surface area contributed by atoms with E-state index >= 15 is 0 Å². The van der Waals surface area contributed by atoms with Gasteiger partial charge in [-0.05, 0) is 120 Å². The summed E-state index contributed by atoms with van der Waals surface area (Å²) in [4.78, 5) is 103. The maximum Gasteiger partial charge on any atom is 0.390 e. The van der Waals surface area contributed by atoms with Crippen molar-refractivity contribution in [1.82, 2.24) is 39.9 Å². The Kier molecular flexibility index (Phi) is 29.5. The van der Waals surface area contributed by atoms with E-state index in [1.165, 1.54) is 49.2 Å². The summed E-state index contributed by atoms with van der Waals surface area (Å²) < 4.78 is 255. The quantitative estimate of drug-likeness (QED) is 0.0129. The van der Waals surface area contributed by atoms with Gasteiger partial charge in [-0.3, -0.25) is 47.7 Å². The van der Waals surface area contributed by atoms with Crippen LogP contribution in [0.4, 0.5) is 93.8 Å². The van der Waals surface area contributed by atoms with Gasteiger partial charge in [0, 0.05) is 73.8 Å². The smallest absolute Gasteiger partial charge is 0.346 e. The molecule has 13 rings (SSSR count). The molecule has 47 heteroatoms. The maximum atomic E-state index is 14.9. The molecule has 0 bridgehead atoms. The first-order valence-corrected chi connectivity index (χ1v) is 44.2. The number of ketones is 2. The largest absolute Gasteiger partial charge is 0.390 e. The van der Waals surface area contributed by atoms with Crippen molar-refractivity contribution in [2.75, 3.05) is 62.6 Å². The number of aromatic amines is 4. The van der Waals surface area contributed by atoms with E-state index in [1.54, 1.807) is 63.1 Å². The minimum absolute atomic E-state index is 0.00169. The fourth-order valence-corrected chi connectivity index (χ4v) is 16.6. The zero-order chi connectivity index (χ0) is 90.0. The Morgan fingerprint density at radius 3 is 1.19 bits per heavy atom. The first-order valence-electron chi connectivity index (χ1n) is 36.3. The van der Waals surface area contributed by atoms with Crippen molar-refractivity contribution >= 4 is 192 Å². The second kappa shape index (κ2) is 38.9. The van der Waals surface area contributed by atoms with Crippen molar-refractivity contribution in [3.8, 4) is 0 Å². The van der Waals surface area contributed by atoms with E-state index in [9.17, 15) is 111 Å². The minimum Gasteiger partial charge on any atom is -0.346 e.